The molecule has 2 aromatic heterocycles. The number of aryl methyl sites for hydroxylation is 1. The Morgan fingerprint density at radius 2 is 2.00 bits per heavy atom. The minimum absolute atomic E-state index is 0.0328. The van der Waals surface area contributed by atoms with Gasteiger partial charge >= 0.3 is 11.9 Å². The maximum absolute atomic E-state index is 12.7. The van der Waals surface area contributed by atoms with Gasteiger partial charge in [0.25, 0.3) is 0 Å². The molecular weight excluding hydrogens is 389 g/mol. The van der Waals surface area contributed by atoms with E-state index in [-0.39, 0.29) is 6.54 Å². The van der Waals surface area contributed by atoms with Gasteiger partial charge in [0.1, 0.15) is 4.88 Å². The van der Waals surface area contributed by atoms with Gasteiger partial charge in [0.15, 0.2) is 5.82 Å². The van der Waals surface area contributed by atoms with Gasteiger partial charge in [0.2, 0.25) is 0 Å². The fourth-order valence-electron chi connectivity index (χ4n) is 3.26. The monoisotopic (exact) mass is 406 g/mol. The topological polar surface area (TPSA) is 51.0 Å². The van der Waals surface area contributed by atoms with Crippen molar-refractivity contribution in [3.8, 4) is 0 Å². The molecule has 0 fully saturated rings. The van der Waals surface area contributed by atoms with E-state index in [1.54, 1.807) is 0 Å². The Labute approximate surface area is 163 Å². The average Bonchev–Trinajstić information content (AvgIpc) is 3.12. The highest BCUT2D eigenvalue weighted by Gasteiger charge is 2.32. The molecule has 0 N–H and O–H groups in total. The number of rotatable bonds is 3. The fraction of sp³-hybridized carbons (Fsp3) is 0.316. The number of fused-ring (bicyclic) bond motifs is 1. The summed E-state index contributed by atoms with van der Waals surface area (Å²) in [4.78, 5) is 18.1. The Balaban J connectivity index is 1.51. The fourth-order valence-corrected chi connectivity index (χ4v) is 4.11. The molecule has 0 radical (unpaired) electrons. The van der Waals surface area contributed by atoms with Crippen LogP contribution in [0.25, 0.3) is 0 Å². The second kappa shape index (κ2) is 7.05. The number of alkyl halides is 3. The molecule has 1 aromatic carbocycles. The van der Waals surface area contributed by atoms with Crippen LogP contribution >= 0.6 is 11.3 Å². The average molecular weight is 406 g/mol. The standard InChI is InChI=1S/C19H17F3N4OS/c1-12-2-3-14-10-25(7-6-13(14)8-12)17-9-23-26(18(27)24-17)11-15-4-5-16(28-15)19(20,21)22/h2-5,8-9H,6-7,10-11H2,1H3. The van der Waals surface area contributed by atoms with Crippen LogP contribution in [0.15, 0.2) is 41.3 Å². The molecule has 1 aliphatic rings. The van der Waals surface area contributed by atoms with E-state index in [4.69, 9.17) is 0 Å². The van der Waals surface area contributed by atoms with Gasteiger partial charge < -0.3 is 4.90 Å². The first-order valence-electron chi connectivity index (χ1n) is 8.73. The third-order valence-electron chi connectivity index (χ3n) is 4.69. The molecule has 1 aliphatic heterocycles. The second-order valence-electron chi connectivity index (χ2n) is 6.76. The number of nitrogens with zero attached hydrogens (tertiary/aromatic N) is 4. The van der Waals surface area contributed by atoms with E-state index in [9.17, 15) is 18.0 Å². The van der Waals surface area contributed by atoms with Crippen molar-refractivity contribution >= 4 is 17.2 Å². The molecule has 0 saturated heterocycles. The molecule has 0 unspecified atom stereocenters. The molecule has 5 nitrogen and oxygen atoms in total. The molecule has 3 aromatic rings. The van der Waals surface area contributed by atoms with Crippen molar-refractivity contribution < 1.29 is 13.2 Å². The summed E-state index contributed by atoms with van der Waals surface area (Å²) in [5.74, 6) is 0.481. The number of aromatic nitrogens is 3. The molecule has 0 atom stereocenters. The highest BCUT2D eigenvalue weighted by atomic mass is 32.1. The largest absolute Gasteiger partial charge is 0.425 e. The number of anilines is 1. The number of hydrogen-bond donors (Lipinski definition) is 0. The molecular formula is C19H17F3N4OS. The van der Waals surface area contributed by atoms with Gasteiger partial charge in [-0.15, -0.1) is 11.3 Å². The third-order valence-corrected chi connectivity index (χ3v) is 5.80. The molecule has 9 heteroatoms. The highest BCUT2D eigenvalue weighted by molar-refractivity contribution is 7.12. The number of hydrogen-bond acceptors (Lipinski definition) is 5. The van der Waals surface area contributed by atoms with Gasteiger partial charge in [-0.2, -0.15) is 23.3 Å². The predicted octanol–water partition coefficient (Wildman–Crippen LogP) is 3.64. The highest BCUT2D eigenvalue weighted by Crippen LogP contribution is 2.34. The Hall–Kier alpha value is -2.68. The van der Waals surface area contributed by atoms with Gasteiger partial charge in [0, 0.05) is 18.0 Å². The minimum Gasteiger partial charge on any atom is -0.350 e. The summed E-state index contributed by atoms with van der Waals surface area (Å²) in [6.07, 6.45) is -2.03. The molecule has 0 bridgehead atoms. The zero-order valence-electron chi connectivity index (χ0n) is 15.0. The lowest BCUT2D eigenvalue weighted by Gasteiger charge is -2.29. The van der Waals surface area contributed by atoms with Crippen molar-refractivity contribution in [1.29, 1.82) is 0 Å². The first-order chi connectivity index (χ1) is 13.3. The summed E-state index contributed by atoms with van der Waals surface area (Å²) in [6.45, 7) is 3.40. The van der Waals surface area contributed by atoms with Crippen LogP contribution in [-0.4, -0.2) is 21.3 Å². The maximum Gasteiger partial charge on any atom is 0.425 e. The Bertz CT molecular complexity index is 1070. The van der Waals surface area contributed by atoms with Crippen molar-refractivity contribution in [3.63, 3.8) is 0 Å². The number of halogens is 3. The molecule has 0 aliphatic carbocycles. The molecule has 146 valence electrons. The van der Waals surface area contributed by atoms with E-state index in [2.05, 4.69) is 35.2 Å². The quantitative estimate of drug-likeness (QED) is 0.667. The SMILES string of the molecule is Cc1ccc2c(c1)CCN(c1cnn(Cc3ccc(C(F)(F)F)s3)c(=O)n1)C2. The van der Waals surface area contributed by atoms with E-state index < -0.39 is 16.7 Å². The molecule has 0 spiro atoms. The first kappa shape index (κ1) is 18.7. The van der Waals surface area contributed by atoms with Gasteiger partial charge in [-0.05, 0) is 36.6 Å². The molecule has 0 saturated carbocycles. The molecule has 3 heterocycles. The van der Waals surface area contributed by atoms with Crippen molar-refractivity contribution in [2.24, 2.45) is 0 Å². The summed E-state index contributed by atoms with van der Waals surface area (Å²) in [6, 6.07) is 8.69. The van der Waals surface area contributed by atoms with Crippen LogP contribution in [0.4, 0.5) is 19.0 Å². The zero-order valence-corrected chi connectivity index (χ0v) is 15.8. The van der Waals surface area contributed by atoms with Crippen molar-refractivity contribution in [3.05, 3.63) is 73.5 Å². The summed E-state index contributed by atoms with van der Waals surface area (Å²) in [7, 11) is 0. The van der Waals surface area contributed by atoms with Crippen LogP contribution < -0.4 is 10.6 Å². The van der Waals surface area contributed by atoms with E-state index in [1.165, 1.54) is 29.0 Å². The van der Waals surface area contributed by atoms with Crippen LogP contribution in [0.2, 0.25) is 0 Å². The van der Waals surface area contributed by atoms with Crippen LogP contribution in [0.1, 0.15) is 26.4 Å². The first-order valence-corrected chi connectivity index (χ1v) is 9.55. The number of benzene rings is 1. The van der Waals surface area contributed by atoms with E-state index in [1.807, 2.05) is 4.90 Å². The van der Waals surface area contributed by atoms with Gasteiger partial charge in [-0.3, -0.25) is 0 Å². The summed E-state index contributed by atoms with van der Waals surface area (Å²) in [5, 5.41) is 4.12. The number of thiophene rings is 1. The van der Waals surface area contributed by atoms with E-state index in [0.717, 1.165) is 23.7 Å². The predicted molar refractivity (Wildman–Crippen MR) is 101 cm³/mol. The van der Waals surface area contributed by atoms with Crippen LogP contribution in [0, 0.1) is 6.92 Å². The Morgan fingerprint density at radius 3 is 2.71 bits per heavy atom. The minimum atomic E-state index is -4.38. The Kier molecular flexibility index (Phi) is 4.70. The summed E-state index contributed by atoms with van der Waals surface area (Å²) < 4.78 is 39.2. The van der Waals surface area contributed by atoms with Crippen LogP contribution in [-0.2, 0) is 25.7 Å². The maximum atomic E-state index is 12.7. The third kappa shape index (κ3) is 3.80. The van der Waals surface area contributed by atoms with E-state index in [0.29, 0.717) is 28.6 Å². The van der Waals surface area contributed by atoms with Gasteiger partial charge in [0.05, 0.1) is 12.7 Å². The lowest BCUT2D eigenvalue weighted by molar-refractivity contribution is -0.134. The lowest BCUT2D eigenvalue weighted by Crippen LogP contribution is -2.34. The van der Waals surface area contributed by atoms with Crippen LogP contribution in [0.5, 0.6) is 0 Å². The lowest BCUT2D eigenvalue weighted by atomic mass is 9.98. The van der Waals surface area contributed by atoms with Gasteiger partial charge in [-0.1, -0.05) is 23.8 Å². The molecule has 4 rings (SSSR count). The van der Waals surface area contributed by atoms with Crippen molar-refractivity contribution in [2.75, 3.05) is 11.4 Å². The van der Waals surface area contributed by atoms with Gasteiger partial charge in [-0.25, -0.2) is 9.48 Å². The van der Waals surface area contributed by atoms with E-state index >= 15 is 0 Å². The van der Waals surface area contributed by atoms with Crippen molar-refractivity contribution in [1.82, 2.24) is 14.8 Å². The Morgan fingerprint density at radius 1 is 1.18 bits per heavy atom. The summed E-state index contributed by atoms with van der Waals surface area (Å²) >= 11 is 0.606. The zero-order chi connectivity index (χ0) is 19.9. The summed E-state index contributed by atoms with van der Waals surface area (Å²) in [5.41, 5.74) is 3.14. The molecule has 0 amide bonds. The smallest absolute Gasteiger partial charge is 0.350 e. The van der Waals surface area contributed by atoms with Crippen LogP contribution in [0.3, 0.4) is 0 Å². The second-order valence-corrected chi connectivity index (χ2v) is 7.93. The van der Waals surface area contributed by atoms with Crippen molar-refractivity contribution in [2.45, 2.75) is 32.6 Å². The normalized spacial score (nSPS) is 14.2. The molecule has 28 heavy (non-hydrogen) atoms.